The molecule has 2 fully saturated rings. The molecule has 2 saturated carbocycles. The number of rotatable bonds is 9. The van der Waals surface area contributed by atoms with Crippen molar-refractivity contribution in [2.24, 2.45) is 40.1 Å². The molecule has 5 atom stereocenters. The molecule has 1 aromatic rings. The Labute approximate surface area is 220 Å². The smallest absolute Gasteiger partial charge is 0.271 e. The van der Waals surface area contributed by atoms with Crippen LogP contribution < -0.4 is 5.43 Å². The number of nitrogens with one attached hydrogen (secondary N) is 1. The Bertz CT molecular complexity index is 1110. The van der Waals surface area contributed by atoms with Gasteiger partial charge in [0.1, 0.15) is 5.69 Å². The Hall–Kier alpha value is -2.77. The third-order valence-corrected chi connectivity index (χ3v) is 9.78. The van der Waals surface area contributed by atoms with Crippen LogP contribution in [0.4, 0.5) is 17.1 Å². The van der Waals surface area contributed by atoms with E-state index in [9.17, 15) is 20.2 Å². The van der Waals surface area contributed by atoms with E-state index in [0.717, 1.165) is 54.7 Å². The third-order valence-electron chi connectivity index (χ3n) is 9.78. The minimum Gasteiger partial charge on any atom is -0.271 e. The largest absolute Gasteiger partial charge is 0.301 e. The van der Waals surface area contributed by atoms with Crippen LogP contribution in [0.5, 0.6) is 0 Å². The number of nitrogens with zero attached hydrogens (tertiary/aromatic N) is 3. The first-order valence-electron chi connectivity index (χ1n) is 14.0. The van der Waals surface area contributed by atoms with E-state index >= 15 is 0 Å². The SMILES string of the molecule is CC1=C2CCC3(C)C(C(C)CCCC(C)C)CCC3C2CC/C1=N/Nc1ccc([N+](=O)[O-])cc1[N+](=O)[O-]. The standard InChI is InChI=1S/C29H42N4O4/c1-18(2)7-6-8-19(3)24-11-12-25-23-10-14-26(20(4)22(23)15-16-29(24,25)5)30-31-27-13-9-21(32(34)35)17-28(27)33(36)37/h9,13,17-19,23-25,31H,6-8,10-12,14-16H2,1-5H3/b30-26-. The van der Waals surface area contributed by atoms with Gasteiger partial charge in [-0.15, -0.1) is 0 Å². The highest BCUT2D eigenvalue weighted by molar-refractivity contribution is 6.01. The molecule has 1 N–H and O–H groups in total. The molecule has 5 unspecified atom stereocenters. The van der Waals surface area contributed by atoms with E-state index in [1.807, 2.05) is 0 Å². The van der Waals surface area contributed by atoms with Crippen molar-refractivity contribution in [2.45, 2.75) is 92.4 Å². The molecule has 0 saturated heterocycles. The average Bonchev–Trinajstić information content (AvgIpc) is 3.20. The summed E-state index contributed by atoms with van der Waals surface area (Å²) in [5, 5.41) is 27.1. The second kappa shape index (κ2) is 10.9. The second-order valence-electron chi connectivity index (χ2n) is 12.3. The molecule has 0 radical (unpaired) electrons. The Morgan fingerprint density at radius 2 is 1.84 bits per heavy atom. The highest BCUT2D eigenvalue weighted by atomic mass is 16.6. The summed E-state index contributed by atoms with van der Waals surface area (Å²) in [4.78, 5) is 21.3. The Kier molecular flexibility index (Phi) is 8.05. The van der Waals surface area contributed by atoms with Crippen LogP contribution in [0.2, 0.25) is 0 Å². The van der Waals surface area contributed by atoms with Crippen LogP contribution in [0.25, 0.3) is 0 Å². The van der Waals surface area contributed by atoms with Crippen molar-refractivity contribution in [3.05, 3.63) is 49.6 Å². The number of fused-ring (bicyclic) bond motifs is 3. The Morgan fingerprint density at radius 1 is 1.08 bits per heavy atom. The normalized spacial score (nSPS) is 29.2. The summed E-state index contributed by atoms with van der Waals surface area (Å²) in [6.45, 7) is 11.8. The lowest BCUT2D eigenvalue weighted by atomic mass is 9.55. The van der Waals surface area contributed by atoms with Gasteiger partial charge in [0.05, 0.1) is 21.6 Å². The summed E-state index contributed by atoms with van der Waals surface area (Å²) >= 11 is 0. The van der Waals surface area contributed by atoms with Crippen LogP contribution in [0.15, 0.2) is 34.4 Å². The highest BCUT2D eigenvalue weighted by Crippen LogP contribution is 2.63. The molecule has 1 aromatic carbocycles. The van der Waals surface area contributed by atoms with Crippen molar-refractivity contribution in [3.8, 4) is 0 Å². The van der Waals surface area contributed by atoms with E-state index < -0.39 is 9.85 Å². The van der Waals surface area contributed by atoms with E-state index in [-0.39, 0.29) is 17.1 Å². The summed E-state index contributed by atoms with van der Waals surface area (Å²) in [5.41, 5.74) is 6.48. The van der Waals surface area contributed by atoms with Crippen LogP contribution in [-0.2, 0) is 0 Å². The molecule has 3 aliphatic carbocycles. The molecule has 202 valence electrons. The van der Waals surface area contributed by atoms with Gasteiger partial charge in [-0.25, -0.2) is 0 Å². The molecule has 0 aliphatic heterocycles. The van der Waals surface area contributed by atoms with Gasteiger partial charge in [0.25, 0.3) is 5.69 Å². The van der Waals surface area contributed by atoms with Crippen LogP contribution in [0, 0.1) is 55.2 Å². The highest BCUT2D eigenvalue weighted by Gasteiger charge is 2.54. The molecular formula is C29H42N4O4. The number of hydrazone groups is 1. The maximum Gasteiger partial charge on any atom is 0.301 e. The molecule has 0 aromatic heterocycles. The van der Waals surface area contributed by atoms with Gasteiger partial charge < -0.3 is 0 Å². The fraction of sp³-hybridized carbons (Fsp3) is 0.690. The lowest BCUT2D eigenvalue weighted by molar-refractivity contribution is -0.393. The molecule has 0 bridgehead atoms. The quantitative estimate of drug-likeness (QED) is 0.265. The Balaban J connectivity index is 1.49. The van der Waals surface area contributed by atoms with E-state index in [2.05, 4.69) is 45.1 Å². The van der Waals surface area contributed by atoms with Gasteiger partial charge in [-0.1, -0.05) is 52.5 Å². The van der Waals surface area contributed by atoms with Crippen molar-refractivity contribution >= 4 is 22.8 Å². The van der Waals surface area contributed by atoms with Crippen molar-refractivity contribution in [1.82, 2.24) is 0 Å². The second-order valence-corrected chi connectivity index (χ2v) is 12.3. The zero-order valence-electron chi connectivity index (χ0n) is 23.0. The number of hydrogen-bond donors (Lipinski definition) is 1. The van der Waals surface area contributed by atoms with Gasteiger partial charge in [0.2, 0.25) is 0 Å². The first kappa shape index (κ1) is 27.3. The van der Waals surface area contributed by atoms with Crippen LogP contribution in [0.1, 0.15) is 92.4 Å². The number of non-ortho nitro benzene ring substituents is 1. The first-order chi connectivity index (χ1) is 17.5. The van der Waals surface area contributed by atoms with E-state index in [0.29, 0.717) is 11.3 Å². The van der Waals surface area contributed by atoms with E-state index in [4.69, 9.17) is 0 Å². The summed E-state index contributed by atoms with van der Waals surface area (Å²) in [6.07, 6.45) is 10.9. The van der Waals surface area contributed by atoms with Crippen molar-refractivity contribution < 1.29 is 9.85 Å². The molecule has 37 heavy (non-hydrogen) atoms. The van der Waals surface area contributed by atoms with Crippen LogP contribution in [-0.4, -0.2) is 15.6 Å². The molecular weight excluding hydrogens is 468 g/mol. The predicted molar refractivity (Wildman–Crippen MR) is 148 cm³/mol. The zero-order chi connectivity index (χ0) is 26.9. The van der Waals surface area contributed by atoms with Crippen molar-refractivity contribution in [3.63, 3.8) is 0 Å². The maximum absolute atomic E-state index is 11.5. The van der Waals surface area contributed by atoms with Gasteiger partial charge in [-0.05, 0) is 92.1 Å². The summed E-state index contributed by atoms with van der Waals surface area (Å²) < 4.78 is 0. The summed E-state index contributed by atoms with van der Waals surface area (Å²) in [6, 6.07) is 3.61. The molecule has 8 heteroatoms. The molecule has 0 heterocycles. The van der Waals surface area contributed by atoms with Gasteiger partial charge in [0, 0.05) is 6.07 Å². The lowest BCUT2D eigenvalue weighted by Crippen LogP contribution is -2.42. The summed E-state index contributed by atoms with van der Waals surface area (Å²) in [5.74, 6) is 3.71. The maximum atomic E-state index is 11.5. The number of anilines is 1. The fourth-order valence-electron chi connectivity index (χ4n) is 7.79. The Morgan fingerprint density at radius 3 is 2.51 bits per heavy atom. The lowest BCUT2D eigenvalue weighted by Gasteiger charge is -2.49. The average molecular weight is 511 g/mol. The first-order valence-corrected chi connectivity index (χ1v) is 14.0. The monoisotopic (exact) mass is 510 g/mol. The van der Waals surface area contributed by atoms with Crippen molar-refractivity contribution in [1.29, 1.82) is 0 Å². The molecule has 4 rings (SSSR count). The molecule has 0 amide bonds. The number of benzene rings is 1. The van der Waals surface area contributed by atoms with E-state index in [1.54, 1.807) is 0 Å². The van der Waals surface area contributed by atoms with Gasteiger partial charge in [-0.3, -0.25) is 25.7 Å². The number of allylic oxidation sites excluding steroid dienone is 2. The van der Waals surface area contributed by atoms with Gasteiger partial charge in [0.15, 0.2) is 0 Å². The van der Waals surface area contributed by atoms with Crippen LogP contribution >= 0.6 is 0 Å². The number of hydrogen-bond acceptors (Lipinski definition) is 6. The zero-order valence-corrected chi connectivity index (χ0v) is 23.0. The molecule has 8 nitrogen and oxygen atoms in total. The van der Waals surface area contributed by atoms with Gasteiger partial charge >= 0.3 is 5.69 Å². The fourth-order valence-corrected chi connectivity index (χ4v) is 7.79. The molecule has 3 aliphatic rings. The number of nitro benzene ring substituents is 2. The topological polar surface area (TPSA) is 111 Å². The van der Waals surface area contributed by atoms with Crippen molar-refractivity contribution in [2.75, 3.05) is 5.43 Å². The number of nitro groups is 2. The van der Waals surface area contributed by atoms with E-state index in [1.165, 1.54) is 61.8 Å². The minimum absolute atomic E-state index is 0.171. The van der Waals surface area contributed by atoms with Gasteiger partial charge in [-0.2, -0.15) is 5.10 Å². The molecule has 0 spiro atoms. The third kappa shape index (κ3) is 5.43. The van der Waals surface area contributed by atoms with Crippen LogP contribution in [0.3, 0.4) is 0 Å². The predicted octanol–water partition coefficient (Wildman–Crippen LogP) is 8.29. The summed E-state index contributed by atoms with van der Waals surface area (Å²) in [7, 11) is 0. The minimum atomic E-state index is -0.630.